The van der Waals surface area contributed by atoms with Crippen LogP contribution in [0.3, 0.4) is 0 Å². The summed E-state index contributed by atoms with van der Waals surface area (Å²) in [6.45, 7) is 7.26. The van der Waals surface area contributed by atoms with Crippen molar-refractivity contribution >= 4 is 35.2 Å². The Morgan fingerprint density at radius 2 is 2.24 bits per heavy atom. The second kappa shape index (κ2) is 6.67. The largest absolute Gasteiger partial charge is 0.444 e. The van der Waals surface area contributed by atoms with Gasteiger partial charge in [-0.1, -0.05) is 0 Å². The number of anilines is 1. The fourth-order valence-corrected chi connectivity index (χ4v) is 3.34. The number of nitrogens with one attached hydrogen (secondary N) is 2. The summed E-state index contributed by atoms with van der Waals surface area (Å²) < 4.78 is 7.89. The first-order chi connectivity index (χ1) is 11.7. The third kappa shape index (κ3) is 3.95. The lowest BCUT2D eigenvalue weighted by Gasteiger charge is -2.35. The number of aromatic nitrogens is 3. The van der Waals surface area contributed by atoms with Gasteiger partial charge in [-0.05, 0) is 51.9 Å². The number of carbonyl (C=O) groups is 1. The van der Waals surface area contributed by atoms with E-state index in [0.717, 1.165) is 42.8 Å². The highest BCUT2D eigenvalue weighted by Crippen LogP contribution is 2.27. The minimum Gasteiger partial charge on any atom is -0.444 e. The molecular weight excluding hydrogens is 338 g/mol. The van der Waals surface area contributed by atoms with Crippen molar-refractivity contribution in [2.45, 2.75) is 45.3 Å². The third-order valence-electron chi connectivity index (χ3n) is 4.25. The van der Waals surface area contributed by atoms with Gasteiger partial charge in [0.1, 0.15) is 11.1 Å². The Balaban J connectivity index is 1.77. The SMILES string of the molecule is Cn1c(=S)[nH]c2c(N3CCC[C@@H](NC(=O)OC(C)(C)C)C3)ccnc21. The molecule has 0 unspecified atom stereocenters. The second-order valence-electron chi connectivity index (χ2n) is 7.45. The Morgan fingerprint density at radius 3 is 2.96 bits per heavy atom. The number of aryl methyl sites for hydroxylation is 1. The van der Waals surface area contributed by atoms with Crippen LogP contribution in [-0.2, 0) is 11.8 Å². The van der Waals surface area contributed by atoms with Gasteiger partial charge >= 0.3 is 6.09 Å². The lowest BCUT2D eigenvalue weighted by Crippen LogP contribution is -2.49. The van der Waals surface area contributed by atoms with Crippen molar-refractivity contribution in [3.05, 3.63) is 17.0 Å². The minimum atomic E-state index is -0.492. The summed E-state index contributed by atoms with van der Waals surface area (Å²) in [5.74, 6) is 0. The Labute approximate surface area is 152 Å². The van der Waals surface area contributed by atoms with Crippen molar-refractivity contribution in [2.75, 3.05) is 18.0 Å². The number of piperidine rings is 1. The maximum Gasteiger partial charge on any atom is 0.407 e. The van der Waals surface area contributed by atoms with Crippen LogP contribution in [0.2, 0.25) is 0 Å². The van der Waals surface area contributed by atoms with Crippen LogP contribution in [0, 0.1) is 4.77 Å². The second-order valence-corrected chi connectivity index (χ2v) is 7.84. The highest BCUT2D eigenvalue weighted by Gasteiger charge is 2.25. The van der Waals surface area contributed by atoms with E-state index in [-0.39, 0.29) is 12.1 Å². The fraction of sp³-hybridized carbons (Fsp3) is 0.588. The molecule has 1 atom stereocenters. The Bertz CT molecular complexity index is 836. The van der Waals surface area contributed by atoms with Gasteiger partial charge in [0, 0.05) is 32.4 Å². The topological polar surface area (TPSA) is 75.2 Å². The zero-order valence-electron chi connectivity index (χ0n) is 15.1. The van der Waals surface area contributed by atoms with Crippen molar-refractivity contribution in [1.29, 1.82) is 0 Å². The number of carbonyl (C=O) groups excluding carboxylic acids is 1. The van der Waals surface area contributed by atoms with E-state index in [1.807, 2.05) is 38.5 Å². The zero-order valence-corrected chi connectivity index (χ0v) is 15.9. The van der Waals surface area contributed by atoms with Crippen LogP contribution in [-0.4, -0.2) is 45.4 Å². The van der Waals surface area contributed by atoms with Gasteiger partial charge in [0.2, 0.25) is 0 Å². The van der Waals surface area contributed by atoms with E-state index < -0.39 is 5.60 Å². The molecule has 0 radical (unpaired) electrons. The van der Waals surface area contributed by atoms with Crippen molar-refractivity contribution in [1.82, 2.24) is 19.9 Å². The molecule has 7 nitrogen and oxygen atoms in total. The van der Waals surface area contributed by atoms with E-state index in [4.69, 9.17) is 17.0 Å². The normalized spacial score (nSPS) is 18.4. The molecule has 1 fully saturated rings. The maximum atomic E-state index is 12.0. The van der Waals surface area contributed by atoms with Crippen molar-refractivity contribution in [3.8, 4) is 0 Å². The first kappa shape index (κ1) is 17.7. The summed E-state index contributed by atoms with van der Waals surface area (Å²) in [6.07, 6.45) is 3.37. The van der Waals surface area contributed by atoms with E-state index in [0.29, 0.717) is 4.77 Å². The summed E-state index contributed by atoms with van der Waals surface area (Å²) >= 11 is 5.32. The molecule has 136 valence electrons. The molecule has 25 heavy (non-hydrogen) atoms. The molecule has 0 saturated carbocycles. The Morgan fingerprint density at radius 1 is 1.48 bits per heavy atom. The number of fused-ring (bicyclic) bond motifs is 1. The van der Waals surface area contributed by atoms with Gasteiger partial charge in [-0.15, -0.1) is 0 Å². The standard InChI is InChI=1S/C17H25N5O2S/c1-17(2,3)24-16(23)19-11-6-5-9-22(10-11)12-7-8-18-14-13(12)20-15(25)21(14)4/h7-8,11H,5-6,9-10H2,1-4H3,(H,19,23)(H,20,25)/t11-/m1/s1. The number of rotatable bonds is 2. The summed E-state index contributed by atoms with van der Waals surface area (Å²) in [6, 6.07) is 2.04. The van der Waals surface area contributed by atoms with Crippen LogP contribution in [0.1, 0.15) is 33.6 Å². The molecule has 0 aliphatic carbocycles. The van der Waals surface area contributed by atoms with Crippen molar-refractivity contribution in [2.24, 2.45) is 7.05 Å². The lowest BCUT2D eigenvalue weighted by atomic mass is 10.1. The number of alkyl carbamates (subject to hydrolysis) is 1. The van der Waals surface area contributed by atoms with E-state index in [9.17, 15) is 4.79 Å². The molecule has 2 aromatic rings. The smallest absolute Gasteiger partial charge is 0.407 e. The summed E-state index contributed by atoms with van der Waals surface area (Å²) in [5.41, 5.74) is 2.35. The Kier molecular flexibility index (Phi) is 4.73. The third-order valence-corrected chi connectivity index (χ3v) is 4.62. The van der Waals surface area contributed by atoms with Gasteiger partial charge in [-0.25, -0.2) is 9.78 Å². The predicted molar refractivity (Wildman–Crippen MR) is 101 cm³/mol. The Hall–Kier alpha value is -2.09. The number of ether oxygens (including phenoxy) is 1. The number of pyridine rings is 1. The number of H-pyrrole nitrogens is 1. The number of imidazole rings is 1. The van der Waals surface area contributed by atoms with Gasteiger partial charge in [0.15, 0.2) is 10.4 Å². The quantitative estimate of drug-likeness (QED) is 0.802. The van der Waals surface area contributed by atoms with Gasteiger partial charge in [0.25, 0.3) is 0 Å². The molecule has 1 saturated heterocycles. The molecule has 0 spiro atoms. The maximum absolute atomic E-state index is 12.0. The lowest BCUT2D eigenvalue weighted by molar-refractivity contribution is 0.0500. The van der Waals surface area contributed by atoms with E-state index in [2.05, 4.69) is 20.2 Å². The molecule has 1 aliphatic heterocycles. The van der Waals surface area contributed by atoms with Crippen LogP contribution in [0.5, 0.6) is 0 Å². The highest BCUT2D eigenvalue weighted by atomic mass is 32.1. The van der Waals surface area contributed by atoms with Crippen molar-refractivity contribution in [3.63, 3.8) is 0 Å². The van der Waals surface area contributed by atoms with Gasteiger partial charge in [-0.3, -0.25) is 0 Å². The number of nitrogens with zero attached hydrogens (tertiary/aromatic N) is 3. The van der Waals surface area contributed by atoms with Crippen LogP contribution in [0.4, 0.5) is 10.5 Å². The molecule has 3 rings (SSSR count). The number of hydrogen-bond acceptors (Lipinski definition) is 5. The van der Waals surface area contributed by atoms with Crippen LogP contribution >= 0.6 is 12.2 Å². The first-order valence-electron chi connectivity index (χ1n) is 8.53. The van der Waals surface area contributed by atoms with Crippen molar-refractivity contribution < 1.29 is 9.53 Å². The highest BCUT2D eigenvalue weighted by molar-refractivity contribution is 7.71. The van der Waals surface area contributed by atoms with Crippen LogP contribution in [0.15, 0.2) is 12.3 Å². The summed E-state index contributed by atoms with van der Waals surface area (Å²) in [7, 11) is 1.90. The summed E-state index contributed by atoms with van der Waals surface area (Å²) in [4.78, 5) is 22.0. The van der Waals surface area contributed by atoms with Gasteiger partial charge < -0.3 is 24.5 Å². The van der Waals surface area contributed by atoms with E-state index >= 15 is 0 Å². The molecule has 1 aliphatic rings. The first-order valence-corrected chi connectivity index (χ1v) is 8.93. The molecule has 0 aromatic carbocycles. The zero-order chi connectivity index (χ0) is 18.2. The molecule has 3 heterocycles. The van der Waals surface area contributed by atoms with Gasteiger partial charge in [-0.2, -0.15) is 0 Å². The average molecular weight is 363 g/mol. The monoisotopic (exact) mass is 363 g/mol. The fourth-order valence-electron chi connectivity index (χ4n) is 3.15. The molecule has 8 heteroatoms. The average Bonchev–Trinajstić information content (AvgIpc) is 2.81. The van der Waals surface area contributed by atoms with Gasteiger partial charge in [0.05, 0.1) is 5.69 Å². The predicted octanol–water partition coefficient (Wildman–Crippen LogP) is 3.12. The van der Waals surface area contributed by atoms with Crippen LogP contribution < -0.4 is 10.2 Å². The summed E-state index contributed by atoms with van der Waals surface area (Å²) in [5, 5.41) is 2.99. The number of amides is 1. The number of aromatic amines is 1. The van der Waals surface area contributed by atoms with E-state index in [1.54, 1.807) is 6.20 Å². The molecule has 2 N–H and O–H groups in total. The molecular formula is C17H25N5O2S. The molecule has 0 bridgehead atoms. The molecule has 1 amide bonds. The van der Waals surface area contributed by atoms with E-state index in [1.165, 1.54) is 0 Å². The minimum absolute atomic E-state index is 0.0542. The molecule has 2 aromatic heterocycles. The van der Waals surface area contributed by atoms with Crippen LogP contribution in [0.25, 0.3) is 11.2 Å². The number of hydrogen-bond donors (Lipinski definition) is 2.